The summed E-state index contributed by atoms with van der Waals surface area (Å²) in [6.07, 6.45) is 4.38. The molecule has 0 saturated carbocycles. The van der Waals surface area contributed by atoms with Crippen LogP contribution in [-0.4, -0.2) is 42.5 Å². The average Bonchev–Trinajstić information content (AvgIpc) is 2.58. The fourth-order valence-electron chi connectivity index (χ4n) is 1.84. The van der Waals surface area contributed by atoms with Crippen LogP contribution < -0.4 is 10.6 Å². The van der Waals surface area contributed by atoms with Gasteiger partial charge in [0.1, 0.15) is 0 Å². The van der Waals surface area contributed by atoms with Crippen molar-refractivity contribution in [2.75, 3.05) is 19.6 Å². The molecular weight excluding hydrogens is 242 g/mol. The van der Waals surface area contributed by atoms with Gasteiger partial charge in [0.15, 0.2) is 0 Å². The largest absolute Gasteiger partial charge is 0.338 e. The molecule has 0 radical (unpaired) electrons. The van der Waals surface area contributed by atoms with E-state index in [2.05, 4.69) is 31.4 Å². The first-order valence-electron chi connectivity index (χ1n) is 6.80. The minimum absolute atomic E-state index is 0.0161. The molecule has 0 aromatic rings. The van der Waals surface area contributed by atoms with Gasteiger partial charge < -0.3 is 15.5 Å². The van der Waals surface area contributed by atoms with Gasteiger partial charge in [-0.1, -0.05) is 26.8 Å². The summed E-state index contributed by atoms with van der Waals surface area (Å²) in [6.45, 7) is 10.1. The summed E-state index contributed by atoms with van der Waals surface area (Å²) in [4.78, 5) is 24.7. The number of nitrogens with one attached hydrogen (secondary N) is 2. The first kappa shape index (κ1) is 15.5. The summed E-state index contributed by atoms with van der Waals surface area (Å²) in [5, 5.41) is 5.58. The van der Waals surface area contributed by atoms with E-state index in [-0.39, 0.29) is 23.4 Å². The van der Waals surface area contributed by atoms with Crippen molar-refractivity contribution in [2.45, 2.75) is 40.2 Å². The minimum Gasteiger partial charge on any atom is -0.338 e. The van der Waals surface area contributed by atoms with Crippen LogP contribution in [0.1, 0.15) is 34.1 Å². The van der Waals surface area contributed by atoms with Crippen molar-refractivity contribution in [3.63, 3.8) is 0 Å². The van der Waals surface area contributed by atoms with Crippen LogP contribution >= 0.6 is 0 Å². The molecule has 0 fully saturated rings. The second kappa shape index (κ2) is 6.59. The van der Waals surface area contributed by atoms with E-state index >= 15 is 0 Å². The molecule has 0 aromatic heterocycles. The van der Waals surface area contributed by atoms with Crippen LogP contribution in [0.2, 0.25) is 0 Å². The predicted molar refractivity (Wildman–Crippen MR) is 75.8 cm³/mol. The van der Waals surface area contributed by atoms with E-state index in [1.54, 1.807) is 11.0 Å². The predicted octanol–water partition coefficient (Wildman–Crippen LogP) is 1.51. The van der Waals surface area contributed by atoms with Crippen molar-refractivity contribution in [3.05, 3.63) is 12.2 Å². The lowest BCUT2D eigenvalue weighted by Crippen LogP contribution is -2.43. The topological polar surface area (TPSA) is 61.4 Å². The Labute approximate surface area is 115 Å². The normalized spacial score (nSPS) is 18.8. The van der Waals surface area contributed by atoms with Crippen LogP contribution in [0.5, 0.6) is 0 Å². The molecule has 1 rings (SSSR count). The van der Waals surface area contributed by atoms with Gasteiger partial charge >= 0.3 is 6.03 Å². The number of rotatable bonds is 5. The first-order chi connectivity index (χ1) is 8.79. The van der Waals surface area contributed by atoms with Crippen molar-refractivity contribution in [2.24, 2.45) is 5.41 Å². The van der Waals surface area contributed by atoms with E-state index in [9.17, 15) is 9.59 Å². The molecule has 1 aliphatic rings. The van der Waals surface area contributed by atoms with Crippen molar-refractivity contribution >= 4 is 11.9 Å². The highest BCUT2D eigenvalue weighted by Gasteiger charge is 2.21. The van der Waals surface area contributed by atoms with Crippen molar-refractivity contribution in [1.82, 2.24) is 15.5 Å². The fourth-order valence-corrected chi connectivity index (χ4v) is 1.84. The van der Waals surface area contributed by atoms with Crippen LogP contribution in [0.3, 0.4) is 0 Å². The molecule has 3 amide bonds. The van der Waals surface area contributed by atoms with Crippen LogP contribution in [0, 0.1) is 5.41 Å². The molecule has 0 aliphatic carbocycles. The molecule has 5 heteroatoms. The number of urea groups is 1. The standard InChI is InChI=1S/C14H25N3O2/c1-11-5-6-12(18)17(11)10-9-16-13(19)15-8-7-14(2,3)4/h5-6,11H,7-10H2,1-4H3,(H2,15,16,19). The highest BCUT2D eigenvalue weighted by molar-refractivity contribution is 5.90. The maximum atomic E-state index is 11.5. The quantitative estimate of drug-likeness (QED) is 0.793. The molecule has 5 nitrogen and oxygen atoms in total. The monoisotopic (exact) mass is 267 g/mol. The van der Waals surface area contributed by atoms with Crippen molar-refractivity contribution in [1.29, 1.82) is 0 Å². The highest BCUT2D eigenvalue weighted by Crippen LogP contribution is 2.16. The second-order valence-electron chi connectivity index (χ2n) is 6.12. The van der Waals surface area contributed by atoms with E-state index in [0.717, 1.165) is 6.42 Å². The number of hydrogen-bond donors (Lipinski definition) is 2. The summed E-state index contributed by atoms with van der Waals surface area (Å²) < 4.78 is 0. The van der Waals surface area contributed by atoms with Gasteiger partial charge in [-0.15, -0.1) is 0 Å². The van der Waals surface area contributed by atoms with Crippen molar-refractivity contribution in [3.8, 4) is 0 Å². The highest BCUT2D eigenvalue weighted by atomic mass is 16.2. The van der Waals surface area contributed by atoms with Gasteiger partial charge in [0.2, 0.25) is 5.91 Å². The van der Waals surface area contributed by atoms with Gasteiger partial charge in [-0.3, -0.25) is 4.79 Å². The second-order valence-corrected chi connectivity index (χ2v) is 6.12. The molecule has 1 atom stereocenters. The number of carbonyl (C=O) groups is 2. The fraction of sp³-hybridized carbons (Fsp3) is 0.714. The van der Waals surface area contributed by atoms with Gasteiger partial charge in [0, 0.05) is 31.8 Å². The van der Waals surface area contributed by atoms with E-state index in [0.29, 0.717) is 19.6 Å². The van der Waals surface area contributed by atoms with Crippen molar-refractivity contribution < 1.29 is 9.59 Å². The Hall–Kier alpha value is -1.52. The Kier molecular flexibility index (Phi) is 5.39. The third-order valence-electron chi connectivity index (χ3n) is 3.09. The molecular formula is C14H25N3O2. The third-order valence-corrected chi connectivity index (χ3v) is 3.09. The Morgan fingerprint density at radius 2 is 1.95 bits per heavy atom. The smallest absolute Gasteiger partial charge is 0.314 e. The Morgan fingerprint density at radius 3 is 2.47 bits per heavy atom. The first-order valence-corrected chi connectivity index (χ1v) is 6.80. The lowest BCUT2D eigenvalue weighted by Gasteiger charge is -2.22. The Bertz CT molecular complexity index is 358. The molecule has 0 bridgehead atoms. The summed E-state index contributed by atoms with van der Waals surface area (Å²) in [6, 6.07) is -0.0465. The van der Waals surface area contributed by atoms with E-state index < -0.39 is 0 Å². The zero-order valence-electron chi connectivity index (χ0n) is 12.3. The molecule has 19 heavy (non-hydrogen) atoms. The average molecular weight is 267 g/mol. The van der Waals surface area contributed by atoms with E-state index in [1.807, 2.05) is 13.0 Å². The maximum absolute atomic E-state index is 11.5. The summed E-state index contributed by atoms with van der Waals surface area (Å²) in [7, 11) is 0. The zero-order chi connectivity index (χ0) is 14.5. The van der Waals surface area contributed by atoms with Gasteiger partial charge in [0.25, 0.3) is 0 Å². The minimum atomic E-state index is -0.170. The molecule has 0 spiro atoms. The van der Waals surface area contributed by atoms with E-state index in [1.165, 1.54) is 0 Å². The summed E-state index contributed by atoms with van der Waals surface area (Å²) in [5.74, 6) is 0.0161. The number of amides is 3. The van der Waals surface area contributed by atoms with Crippen LogP contribution in [0.4, 0.5) is 4.79 Å². The molecule has 0 aromatic carbocycles. The van der Waals surface area contributed by atoms with Crippen LogP contribution in [-0.2, 0) is 4.79 Å². The molecule has 0 saturated heterocycles. The number of nitrogens with zero attached hydrogens (tertiary/aromatic N) is 1. The molecule has 108 valence electrons. The summed E-state index contributed by atoms with van der Waals surface area (Å²) >= 11 is 0. The Morgan fingerprint density at radius 1 is 1.32 bits per heavy atom. The third kappa shape index (κ3) is 5.77. The number of carbonyl (C=O) groups excluding carboxylic acids is 2. The van der Waals surface area contributed by atoms with Crippen LogP contribution in [0.15, 0.2) is 12.2 Å². The number of hydrogen-bond acceptors (Lipinski definition) is 2. The molecule has 2 N–H and O–H groups in total. The van der Waals surface area contributed by atoms with Gasteiger partial charge in [-0.2, -0.15) is 0 Å². The Balaban J connectivity index is 2.12. The lowest BCUT2D eigenvalue weighted by atomic mass is 9.92. The maximum Gasteiger partial charge on any atom is 0.314 e. The SMILES string of the molecule is CC1C=CC(=O)N1CCNC(=O)NCCC(C)(C)C. The summed E-state index contributed by atoms with van der Waals surface area (Å²) in [5.41, 5.74) is 0.219. The molecule has 1 heterocycles. The molecule has 1 aliphatic heterocycles. The van der Waals surface area contributed by atoms with Crippen LogP contribution in [0.25, 0.3) is 0 Å². The zero-order valence-corrected chi connectivity index (χ0v) is 12.3. The molecule has 1 unspecified atom stereocenters. The van der Waals surface area contributed by atoms with Gasteiger partial charge in [0.05, 0.1) is 0 Å². The van der Waals surface area contributed by atoms with Gasteiger partial charge in [-0.25, -0.2) is 4.79 Å². The van der Waals surface area contributed by atoms with E-state index in [4.69, 9.17) is 0 Å². The van der Waals surface area contributed by atoms with Gasteiger partial charge in [-0.05, 0) is 18.8 Å². The lowest BCUT2D eigenvalue weighted by molar-refractivity contribution is -0.125.